The topological polar surface area (TPSA) is 70.7 Å². The van der Waals surface area contributed by atoms with Gasteiger partial charge in [0.15, 0.2) is 0 Å². The maximum atomic E-state index is 13.1. The third-order valence-electron chi connectivity index (χ3n) is 4.31. The highest BCUT2D eigenvalue weighted by Gasteiger charge is 2.47. The number of urea groups is 1. The normalized spacial score (nSPS) is 21.0. The lowest BCUT2D eigenvalue weighted by atomic mass is 9.97. The fraction of sp³-hybridized carbons (Fsp3) is 0.857. The predicted molar refractivity (Wildman–Crippen MR) is 75.7 cm³/mol. The maximum absolute atomic E-state index is 13.1. The van der Waals surface area contributed by atoms with E-state index in [1.807, 2.05) is 0 Å². The average Bonchev–Trinajstić information content (AvgIpc) is 2.92. The molecule has 1 unspecified atom stereocenters. The molecule has 0 aromatic heterocycles. The van der Waals surface area contributed by atoms with Gasteiger partial charge >= 0.3 is 12.2 Å². The summed E-state index contributed by atoms with van der Waals surface area (Å²) in [5.74, 6) is -0.853. The van der Waals surface area contributed by atoms with Crippen molar-refractivity contribution in [3.8, 4) is 0 Å². The number of methoxy groups -OCH3 is 1. The van der Waals surface area contributed by atoms with E-state index in [2.05, 4.69) is 15.4 Å². The smallest absolute Gasteiger partial charge is 0.375 e. The van der Waals surface area contributed by atoms with E-state index < -0.39 is 24.2 Å². The SMILES string of the molecule is COCC(=O)NC1CN(C(=O)NC(C2CCCC2)C(F)(F)F)C1. The first-order chi connectivity index (χ1) is 10.8. The van der Waals surface area contributed by atoms with Crippen LogP contribution in [0.25, 0.3) is 0 Å². The molecule has 0 aromatic rings. The summed E-state index contributed by atoms with van der Waals surface area (Å²) in [6.45, 7) is 0.327. The van der Waals surface area contributed by atoms with Crippen LogP contribution in [0.2, 0.25) is 0 Å². The Labute approximate surface area is 132 Å². The van der Waals surface area contributed by atoms with Crippen molar-refractivity contribution in [1.82, 2.24) is 15.5 Å². The minimum Gasteiger partial charge on any atom is -0.375 e. The standard InChI is InChI=1S/C14H22F3N3O3/c1-23-8-11(21)18-10-6-20(7-10)13(22)19-12(14(15,16)17)9-4-2-3-5-9/h9-10,12H,2-8H2,1H3,(H,18,21)(H,19,22). The van der Waals surface area contributed by atoms with Crippen LogP contribution in [0.15, 0.2) is 0 Å². The Bertz CT molecular complexity index is 433. The molecule has 2 aliphatic rings. The van der Waals surface area contributed by atoms with Gasteiger partial charge in [0.05, 0.1) is 6.04 Å². The Kier molecular flexibility index (Phi) is 5.72. The molecule has 0 bridgehead atoms. The molecule has 1 saturated heterocycles. The van der Waals surface area contributed by atoms with Gasteiger partial charge in [-0.05, 0) is 18.8 Å². The van der Waals surface area contributed by atoms with Crippen molar-refractivity contribution in [3.05, 3.63) is 0 Å². The first-order valence-electron chi connectivity index (χ1n) is 7.71. The molecule has 0 spiro atoms. The molecule has 23 heavy (non-hydrogen) atoms. The summed E-state index contributed by atoms with van der Waals surface area (Å²) in [5, 5.41) is 4.76. The van der Waals surface area contributed by atoms with Crippen LogP contribution in [-0.2, 0) is 9.53 Å². The maximum Gasteiger partial charge on any atom is 0.408 e. The van der Waals surface area contributed by atoms with Crippen LogP contribution >= 0.6 is 0 Å². The lowest BCUT2D eigenvalue weighted by Crippen LogP contribution is -2.65. The number of hydrogen-bond donors (Lipinski definition) is 2. The van der Waals surface area contributed by atoms with Crippen molar-refractivity contribution >= 4 is 11.9 Å². The summed E-state index contributed by atoms with van der Waals surface area (Å²) in [6.07, 6.45) is -1.93. The van der Waals surface area contributed by atoms with Gasteiger partial charge in [-0.15, -0.1) is 0 Å². The Balaban J connectivity index is 1.80. The minimum atomic E-state index is -4.44. The number of likely N-dealkylation sites (tertiary alicyclic amines) is 1. The number of amides is 3. The lowest BCUT2D eigenvalue weighted by molar-refractivity contribution is -0.165. The molecule has 2 rings (SSSR count). The highest BCUT2D eigenvalue weighted by molar-refractivity contribution is 5.79. The van der Waals surface area contributed by atoms with Crippen molar-refractivity contribution in [3.63, 3.8) is 0 Å². The highest BCUT2D eigenvalue weighted by Crippen LogP contribution is 2.35. The number of carbonyl (C=O) groups is 2. The molecule has 9 heteroatoms. The fourth-order valence-corrected chi connectivity index (χ4v) is 3.12. The van der Waals surface area contributed by atoms with E-state index in [-0.39, 0.29) is 31.6 Å². The Morgan fingerprint density at radius 3 is 2.39 bits per heavy atom. The van der Waals surface area contributed by atoms with Crippen molar-refractivity contribution < 1.29 is 27.5 Å². The number of carbonyl (C=O) groups excluding carboxylic acids is 2. The number of hydrogen-bond acceptors (Lipinski definition) is 3. The van der Waals surface area contributed by atoms with Gasteiger partial charge in [-0.1, -0.05) is 12.8 Å². The molecular weight excluding hydrogens is 315 g/mol. The first kappa shape index (κ1) is 17.8. The Morgan fingerprint density at radius 2 is 1.87 bits per heavy atom. The van der Waals surface area contributed by atoms with Crippen LogP contribution in [-0.4, -0.2) is 61.9 Å². The molecule has 3 amide bonds. The molecule has 1 aliphatic heterocycles. The van der Waals surface area contributed by atoms with Crippen LogP contribution in [0.1, 0.15) is 25.7 Å². The van der Waals surface area contributed by atoms with Crippen molar-refractivity contribution in [2.24, 2.45) is 5.92 Å². The molecule has 2 N–H and O–H groups in total. The van der Waals surface area contributed by atoms with E-state index in [4.69, 9.17) is 0 Å². The minimum absolute atomic E-state index is 0.0828. The molecule has 0 aromatic carbocycles. The molecule has 1 saturated carbocycles. The van der Waals surface area contributed by atoms with Crippen molar-refractivity contribution in [2.45, 2.75) is 43.9 Å². The summed E-state index contributed by atoms with van der Waals surface area (Å²) in [6, 6.07) is -2.75. The zero-order valence-corrected chi connectivity index (χ0v) is 13.0. The number of nitrogens with zero attached hydrogens (tertiary/aromatic N) is 1. The monoisotopic (exact) mass is 337 g/mol. The molecule has 6 nitrogen and oxygen atoms in total. The van der Waals surface area contributed by atoms with Crippen LogP contribution in [0, 0.1) is 5.92 Å². The van der Waals surface area contributed by atoms with Gasteiger partial charge in [0.2, 0.25) is 5.91 Å². The second-order valence-electron chi connectivity index (χ2n) is 6.12. The van der Waals surface area contributed by atoms with E-state index in [1.165, 1.54) is 12.0 Å². The average molecular weight is 337 g/mol. The zero-order valence-electron chi connectivity index (χ0n) is 13.0. The third kappa shape index (κ3) is 4.73. The Morgan fingerprint density at radius 1 is 1.26 bits per heavy atom. The van der Waals surface area contributed by atoms with Crippen LogP contribution in [0.5, 0.6) is 0 Å². The molecule has 132 valence electrons. The van der Waals surface area contributed by atoms with Crippen LogP contribution in [0.3, 0.4) is 0 Å². The summed E-state index contributed by atoms with van der Waals surface area (Å²) in [7, 11) is 1.39. The van der Waals surface area contributed by atoms with Gasteiger partial charge in [-0.2, -0.15) is 13.2 Å². The summed E-state index contributed by atoms with van der Waals surface area (Å²) in [4.78, 5) is 24.5. The van der Waals surface area contributed by atoms with Crippen LogP contribution < -0.4 is 10.6 Å². The number of halogens is 3. The molecule has 1 heterocycles. The highest BCUT2D eigenvalue weighted by atomic mass is 19.4. The van der Waals surface area contributed by atoms with Crippen molar-refractivity contribution in [1.29, 1.82) is 0 Å². The first-order valence-corrected chi connectivity index (χ1v) is 7.71. The van der Waals surface area contributed by atoms with E-state index >= 15 is 0 Å². The van der Waals surface area contributed by atoms with E-state index in [0.717, 1.165) is 12.8 Å². The number of alkyl halides is 3. The summed E-state index contributed by atoms with van der Waals surface area (Å²) in [5.41, 5.74) is 0. The largest absolute Gasteiger partial charge is 0.408 e. The van der Waals surface area contributed by atoms with Gasteiger partial charge in [0, 0.05) is 20.2 Å². The Hall–Kier alpha value is -1.51. The summed E-state index contributed by atoms with van der Waals surface area (Å²) >= 11 is 0. The van der Waals surface area contributed by atoms with Gasteiger partial charge in [-0.25, -0.2) is 4.79 Å². The van der Waals surface area contributed by atoms with Crippen molar-refractivity contribution in [2.75, 3.05) is 26.8 Å². The molecule has 2 fully saturated rings. The predicted octanol–water partition coefficient (Wildman–Crippen LogP) is 1.26. The van der Waals surface area contributed by atoms with E-state index in [0.29, 0.717) is 12.8 Å². The number of rotatable bonds is 5. The number of ether oxygens (including phenoxy) is 1. The molecule has 0 radical (unpaired) electrons. The van der Waals surface area contributed by atoms with Crippen LogP contribution in [0.4, 0.5) is 18.0 Å². The lowest BCUT2D eigenvalue weighted by Gasteiger charge is -2.40. The molecular formula is C14H22F3N3O3. The van der Waals surface area contributed by atoms with Gasteiger partial charge in [-0.3, -0.25) is 4.79 Å². The quantitative estimate of drug-likeness (QED) is 0.794. The van der Waals surface area contributed by atoms with Gasteiger partial charge in [0.25, 0.3) is 0 Å². The van der Waals surface area contributed by atoms with E-state index in [9.17, 15) is 22.8 Å². The van der Waals surface area contributed by atoms with E-state index in [1.54, 1.807) is 0 Å². The third-order valence-corrected chi connectivity index (χ3v) is 4.31. The van der Waals surface area contributed by atoms with Gasteiger partial charge in [0.1, 0.15) is 12.6 Å². The number of nitrogens with one attached hydrogen (secondary N) is 2. The fourth-order valence-electron chi connectivity index (χ4n) is 3.12. The zero-order chi connectivity index (χ0) is 17.0. The van der Waals surface area contributed by atoms with Gasteiger partial charge < -0.3 is 20.3 Å². The second kappa shape index (κ2) is 7.37. The molecule has 1 atom stereocenters. The molecule has 1 aliphatic carbocycles. The second-order valence-corrected chi connectivity index (χ2v) is 6.12. The summed E-state index contributed by atoms with van der Waals surface area (Å²) < 4.78 is 44.1.